The Morgan fingerprint density at radius 2 is 2.00 bits per heavy atom. The molecule has 0 fully saturated rings. The average Bonchev–Trinajstić information content (AvgIpc) is 2.39. The zero-order chi connectivity index (χ0) is 12.8. The van der Waals surface area contributed by atoms with Gasteiger partial charge in [-0.25, -0.2) is 0 Å². The van der Waals surface area contributed by atoms with E-state index in [4.69, 9.17) is 0 Å². The van der Waals surface area contributed by atoms with Gasteiger partial charge >= 0.3 is 0 Å². The van der Waals surface area contributed by atoms with E-state index in [2.05, 4.69) is 10.3 Å². The number of carbonyl (C=O) groups excluding carboxylic acids is 1. The SMILES string of the molecule is Cc1ccc(/C=C/C(=O)Nc2cccnc2)cc1. The van der Waals surface area contributed by atoms with E-state index in [1.165, 1.54) is 11.6 Å². The molecule has 1 amide bonds. The first-order valence-electron chi connectivity index (χ1n) is 5.70. The molecule has 1 aromatic carbocycles. The van der Waals surface area contributed by atoms with Crippen molar-refractivity contribution in [2.75, 3.05) is 5.32 Å². The highest BCUT2D eigenvalue weighted by Gasteiger charge is 1.96. The van der Waals surface area contributed by atoms with Crippen LogP contribution >= 0.6 is 0 Å². The Kier molecular flexibility index (Phi) is 3.86. The predicted octanol–water partition coefficient (Wildman–Crippen LogP) is 3.04. The van der Waals surface area contributed by atoms with Gasteiger partial charge in [0.2, 0.25) is 5.91 Å². The van der Waals surface area contributed by atoms with E-state index in [0.29, 0.717) is 5.69 Å². The lowest BCUT2D eigenvalue weighted by Crippen LogP contribution is -2.07. The summed E-state index contributed by atoms with van der Waals surface area (Å²) in [7, 11) is 0. The van der Waals surface area contributed by atoms with Crippen LogP contribution in [0.25, 0.3) is 6.08 Å². The molecule has 2 rings (SSSR count). The lowest BCUT2D eigenvalue weighted by Gasteiger charge is -2.00. The molecule has 0 saturated carbocycles. The number of hydrogen-bond acceptors (Lipinski definition) is 2. The first-order chi connectivity index (χ1) is 8.74. The van der Waals surface area contributed by atoms with Crippen LogP contribution in [0, 0.1) is 6.92 Å². The number of pyridine rings is 1. The molecule has 1 heterocycles. The number of rotatable bonds is 3. The smallest absolute Gasteiger partial charge is 0.248 e. The third-order valence-electron chi connectivity index (χ3n) is 2.43. The standard InChI is InChI=1S/C15H14N2O/c1-12-4-6-13(7-5-12)8-9-15(18)17-14-3-2-10-16-11-14/h2-11H,1H3,(H,17,18)/b9-8+. The summed E-state index contributed by atoms with van der Waals surface area (Å²) in [6.07, 6.45) is 6.57. The van der Waals surface area contributed by atoms with Crippen molar-refractivity contribution >= 4 is 17.7 Å². The third kappa shape index (κ3) is 3.56. The highest BCUT2D eigenvalue weighted by atomic mass is 16.1. The van der Waals surface area contributed by atoms with Gasteiger partial charge < -0.3 is 5.32 Å². The zero-order valence-corrected chi connectivity index (χ0v) is 10.1. The zero-order valence-electron chi connectivity index (χ0n) is 10.1. The second kappa shape index (κ2) is 5.77. The van der Waals surface area contributed by atoms with Crippen molar-refractivity contribution in [2.45, 2.75) is 6.92 Å². The summed E-state index contributed by atoms with van der Waals surface area (Å²) in [5.74, 6) is -0.163. The molecule has 0 aliphatic heterocycles. The number of anilines is 1. The van der Waals surface area contributed by atoms with Gasteiger partial charge in [0, 0.05) is 12.3 Å². The number of benzene rings is 1. The quantitative estimate of drug-likeness (QED) is 0.835. The number of aryl methyl sites for hydroxylation is 1. The number of aromatic nitrogens is 1. The predicted molar refractivity (Wildman–Crippen MR) is 73.1 cm³/mol. The van der Waals surface area contributed by atoms with Gasteiger partial charge in [0.05, 0.1) is 11.9 Å². The number of nitrogens with one attached hydrogen (secondary N) is 1. The second-order valence-corrected chi connectivity index (χ2v) is 3.97. The molecule has 0 unspecified atom stereocenters. The van der Waals surface area contributed by atoms with E-state index in [9.17, 15) is 4.79 Å². The van der Waals surface area contributed by atoms with Gasteiger partial charge in [-0.2, -0.15) is 0 Å². The molecule has 90 valence electrons. The van der Waals surface area contributed by atoms with Gasteiger partial charge in [0.1, 0.15) is 0 Å². The van der Waals surface area contributed by atoms with E-state index < -0.39 is 0 Å². The summed E-state index contributed by atoms with van der Waals surface area (Å²) in [4.78, 5) is 15.6. The highest BCUT2D eigenvalue weighted by molar-refractivity contribution is 6.01. The Hall–Kier alpha value is -2.42. The van der Waals surface area contributed by atoms with Crippen molar-refractivity contribution in [3.63, 3.8) is 0 Å². The molecule has 0 atom stereocenters. The lowest BCUT2D eigenvalue weighted by molar-refractivity contribution is -0.111. The van der Waals surface area contributed by atoms with Crippen LogP contribution in [-0.2, 0) is 4.79 Å². The molecular formula is C15H14N2O. The summed E-state index contributed by atoms with van der Waals surface area (Å²) in [5, 5.41) is 2.74. The maximum Gasteiger partial charge on any atom is 0.248 e. The molecule has 0 radical (unpaired) electrons. The van der Waals surface area contributed by atoms with Crippen LogP contribution in [0.5, 0.6) is 0 Å². The van der Waals surface area contributed by atoms with Crippen LogP contribution < -0.4 is 5.32 Å². The topological polar surface area (TPSA) is 42.0 Å². The van der Waals surface area contributed by atoms with Crippen molar-refractivity contribution in [1.82, 2.24) is 4.98 Å². The summed E-state index contributed by atoms with van der Waals surface area (Å²) in [6.45, 7) is 2.03. The van der Waals surface area contributed by atoms with Gasteiger partial charge in [0.25, 0.3) is 0 Å². The summed E-state index contributed by atoms with van der Waals surface area (Å²) in [6, 6.07) is 11.5. The van der Waals surface area contributed by atoms with E-state index >= 15 is 0 Å². The minimum Gasteiger partial charge on any atom is -0.321 e. The van der Waals surface area contributed by atoms with Gasteiger partial charge in [0.15, 0.2) is 0 Å². The fourth-order valence-corrected chi connectivity index (χ4v) is 1.47. The molecular weight excluding hydrogens is 224 g/mol. The maximum absolute atomic E-state index is 11.6. The first kappa shape index (κ1) is 12.0. The number of nitrogens with zero attached hydrogens (tertiary/aromatic N) is 1. The molecule has 0 aliphatic carbocycles. The van der Waals surface area contributed by atoms with Crippen molar-refractivity contribution in [3.05, 3.63) is 66.0 Å². The van der Waals surface area contributed by atoms with Gasteiger partial charge in [-0.15, -0.1) is 0 Å². The molecule has 0 spiro atoms. The van der Waals surface area contributed by atoms with Gasteiger partial charge in [-0.1, -0.05) is 29.8 Å². The Morgan fingerprint density at radius 3 is 2.67 bits per heavy atom. The van der Waals surface area contributed by atoms with Crippen molar-refractivity contribution in [2.24, 2.45) is 0 Å². The molecule has 0 aliphatic rings. The lowest BCUT2D eigenvalue weighted by atomic mass is 10.1. The van der Waals surface area contributed by atoms with Crippen LogP contribution in [0.1, 0.15) is 11.1 Å². The molecule has 2 aromatic rings. The van der Waals surface area contributed by atoms with Crippen LogP contribution in [0.4, 0.5) is 5.69 Å². The Balaban J connectivity index is 1.97. The number of carbonyl (C=O) groups is 1. The summed E-state index contributed by atoms with van der Waals surface area (Å²) >= 11 is 0. The Morgan fingerprint density at radius 1 is 1.22 bits per heavy atom. The molecule has 18 heavy (non-hydrogen) atoms. The molecule has 1 N–H and O–H groups in total. The van der Waals surface area contributed by atoms with Crippen molar-refractivity contribution in [1.29, 1.82) is 0 Å². The van der Waals surface area contributed by atoms with Gasteiger partial charge in [-0.05, 0) is 30.7 Å². The molecule has 3 heteroatoms. The molecule has 0 bridgehead atoms. The first-order valence-corrected chi connectivity index (χ1v) is 5.70. The molecule has 3 nitrogen and oxygen atoms in total. The third-order valence-corrected chi connectivity index (χ3v) is 2.43. The Bertz CT molecular complexity index is 544. The minimum atomic E-state index is -0.163. The molecule has 0 saturated heterocycles. The number of amides is 1. The normalized spacial score (nSPS) is 10.5. The fourth-order valence-electron chi connectivity index (χ4n) is 1.47. The minimum absolute atomic E-state index is 0.163. The van der Waals surface area contributed by atoms with Crippen LogP contribution in [0.15, 0.2) is 54.9 Å². The van der Waals surface area contributed by atoms with E-state index in [-0.39, 0.29) is 5.91 Å². The maximum atomic E-state index is 11.6. The number of hydrogen-bond donors (Lipinski definition) is 1. The van der Waals surface area contributed by atoms with E-state index in [0.717, 1.165) is 5.56 Å². The monoisotopic (exact) mass is 238 g/mol. The molecule has 1 aromatic heterocycles. The largest absolute Gasteiger partial charge is 0.321 e. The summed E-state index contributed by atoms with van der Waals surface area (Å²) in [5.41, 5.74) is 2.89. The van der Waals surface area contributed by atoms with Crippen LogP contribution in [0.3, 0.4) is 0 Å². The van der Waals surface area contributed by atoms with Crippen LogP contribution in [0.2, 0.25) is 0 Å². The van der Waals surface area contributed by atoms with Crippen LogP contribution in [-0.4, -0.2) is 10.9 Å². The fraction of sp³-hybridized carbons (Fsp3) is 0.0667. The van der Waals surface area contributed by atoms with E-state index in [1.807, 2.05) is 31.2 Å². The highest BCUT2D eigenvalue weighted by Crippen LogP contribution is 2.06. The van der Waals surface area contributed by atoms with E-state index in [1.54, 1.807) is 30.6 Å². The summed E-state index contributed by atoms with van der Waals surface area (Å²) < 4.78 is 0. The average molecular weight is 238 g/mol. The van der Waals surface area contributed by atoms with Crippen molar-refractivity contribution in [3.8, 4) is 0 Å². The Labute approximate surface area is 106 Å². The van der Waals surface area contributed by atoms with Gasteiger partial charge in [-0.3, -0.25) is 9.78 Å². The van der Waals surface area contributed by atoms with Crippen molar-refractivity contribution < 1.29 is 4.79 Å². The second-order valence-electron chi connectivity index (χ2n) is 3.97.